The van der Waals surface area contributed by atoms with Crippen LogP contribution < -0.4 is 0 Å². The third kappa shape index (κ3) is 3.06. The van der Waals surface area contributed by atoms with Gasteiger partial charge in [-0.1, -0.05) is 17.2 Å². The van der Waals surface area contributed by atoms with E-state index in [-0.39, 0.29) is 5.82 Å². The maximum atomic E-state index is 13.0. The van der Waals surface area contributed by atoms with E-state index in [2.05, 4.69) is 15.1 Å². The summed E-state index contributed by atoms with van der Waals surface area (Å²) < 4.78 is 14.9. The standard InChI is InChI=1S/C15H16FN5/c16-14-4-1-12(2-5-14)13-3-6-15(7-13)21-10-11(9-19-21)8-18-20-17/h1-2,4-5,9-10,13,15H,3,6-8H2. The number of benzene rings is 1. The molecule has 1 aliphatic rings. The molecule has 0 spiro atoms. The second-order valence-electron chi connectivity index (χ2n) is 5.43. The molecule has 3 rings (SSSR count). The topological polar surface area (TPSA) is 66.6 Å². The SMILES string of the molecule is [N-]=[N+]=NCc1cnn(C2CCC(c3ccc(F)cc3)C2)c1. The molecule has 1 aliphatic carbocycles. The molecular formula is C15H16FN5. The minimum Gasteiger partial charge on any atom is -0.269 e. The molecule has 2 unspecified atom stereocenters. The molecule has 1 fully saturated rings. The molecule has 1 heterocycles. The summed E-state index contributed by atoms with van der Waals surface area (Å²) in [7, 11) is 0. The molecule has 0 aliphatic heterocycles. The molecule has 5 nitrogen and oxygen atoms in total. The Morgan fingerprint density at radius 2 is 2.14 bits per heavy atom. The van der Waals surface area contributed by atoms with Crippen LogP contribution in [0.2, 0.25) is 0 Å². The molecule has 2 atom stereocenters. The summed E-state index contributed by atoms with van der Waals surface area (Å²) in [5.41, 5.74) is 10.5. The van der Waals surface area contributed by atoms with Crippen LogP contribution in [0.25, 0.3) is 10.4 Å². The van der Waals surface area contributed by atoms with E-state index in [0.717, 1.165) is 24.8 Å². The van der Waals surface area contributed by atoms with Crippen LogP contribution in [-0.2, 0) is 6.54 Å². The van der Waals surface area contributed by atoms with Crippen molar-refractivity contribution in [2.45, 2.75) is 37.8 Å². The zero-order valence-corrected chi connectivity index (χ0v) is 11.6. The van der Waals surface area contributed by atoms with Crippen LogP contribution in [0.3, 0.4) is 0 Å². The van der Waals surface area contributed by atoms with Crippen molar-refractivity contribution in [1.29, 1.82) is 0 Å². The summed E-state index contributed by atoms with van der Waals surface area (Å²) in [6, 6.07) is 7.15. The van der Waals surface area contributed by atoms with Gasteiger partial charge in [0.2, 0.25) is 0 Å². The first-order valence-corrected chi connectivity index (χ1v) is 7.05. The van der Waals surface area contributed by atoms with Gasteiger partial charge >= 0.3 is 0 Å². The Morgan fingerprint density at radius 3 is 2.90 bits per heavy atom. The van der Waals surface area contributed by atoms with Gasteiger partial charge in [-0.15, -0.1) is 0 Å². The zero-order valence-electron chi connectivity index (χ0n) is 11.6. The van der Waals surface area contributed by atoms with E-state index in [1.807, 2.05) is 23.0 Å². The summed E-state index contributed by atoms with van der Waals surface area (Å²) in [5.74, 6) is 0.267. The first kappa shape index (κ1) is 13.6. The van der Waals surface area contributed by atoms with Crippen LogP contribution in [0, 0.1) is 5.82 Å². The predicted octanol–water partition coefficient (Wildman–Crippen LogP) is 4.34. The maximum Gasteiger partial charge on any atom is 0.123 e. The van der Waals surface area contributed by atoms with Gasteiger partial charge in [0.15, 0.2) is 0 Å². The lowest BCUT2D eigenvalue weighted by Gasteiger charge is -2.12. The van der Waals surface area contributed by atoms with E-state index in [0.29, 0.717) is 18.5 Å². The van der Waals surface area contributed by atoms with Crippen molar-refractivity contribution in [2.24, 2.45) is 5.11 Å². The van der Waals surface area contributed by atoms with Gasteiger partial charge in [-0.25, -0.2) is 4.39 Å². The molecule has 0 radical (unpaired) electrons. The Kier molecular flexibility index (Phi) is 3.88. The molecular weight excluding hydrogens is 269 g/mol. The van der Waals surface area contributed by atoms with E-state index >= 15 is 0 Å². The van der Waals surface area contributed by atoms with Gasteiger partial charge in [0, 0.05) is 11.1 Å². The molecule has 108 valence electrons. The number of hydrogen-bond acceptors (Lipinski definition) is 2. The van der Waals surface area contributed by atoms with E-state index in [9.17, 15) is 4.39 Å². The van der Waals surface area contributed by atoms with Crippen molar-refractivity contribution in [3.63, 3.8) is 0 Å². The first-order chi connectivity index (χ1) is 10.3. The fourth-order valence-corrected chi connectivity index (χ4v) is 3.01. The van der Waals surface area contributed by atoms with Gasteiger partial charge in [0.05, 0.1) is 18.8 Å². The lowest BCUT2D eigenvalue weighted by molar-refractivity contribution is 0.460. The normalized spacial score (nSPS) is 21.2. The summed E-state index contributed by atoms with van der Waals surface area (Å²) in [5, 5.41) is 7.91. The van der Waals surface area contributed by atoms with Crippen LogP contribution in [0.4, 0.5) is 4.39 Å². The number of aromatic nitrogens is 2. The molecule has 2 aromatic rings. The Hall–Kier alpha value is -2.33. The highest BCUT2D eigenvalue weighted by Crippen LogP contribution is 2.40. The lowest BCUT2D eigenvalue weighted by Crippen LogP contribution is -2.05. The number of hydrogen-bond donors (Lipinski definition) is 0. The maximum absolute atomic E-state index is 13.0. The Labute approximate surface area is 122 Å². The van der Waals surface area contributed by atoms with Crippen molar-refractivity contribution >= 4 is 0 Å². The van der Waals surface area contributed by atoms with Gasteiger partial charge in [-0.3, -0.25) is 4.68 Å². The average Bonchev–Trinajstić information content (AvgIpc) is 3.15. The van der Waals surface area contributed by atoms with Crippen LogP contribution in [0.5, 0.6) is 0 Å². The molecule has 0 N–H and O–H groups in total. The minimum atomic E-state index is -0.192. The highest BCUT2D eigenvalue weighted by molar-refractivity contribution is 5.22. The fourth-order valence-electron chi connectivity index (χ4n) is 3.01. The predicted molar refractivity (Wildman–Crippen MR) is 77.1 cm³/mol. The van der Waals surface area contributed by atoms with Crippen LogP contribution in [0.1, 0.15) is 42.3 Å². The molecule has 6 heteroatoms. The summed E-state index contributed by atoms with van der Waals surface area (Å²) >= 11 is 0. The summed E-state index contributed by atoms with van der Waals surface area (Å²) in [6.07, 6.45) is 6.85. The van der Waals surface area contributed by atoms with Crippen molar-refractivity contribution in [2.75, 3.05) is 0 Å². The zero-order chi connectivity index (χ0) is 14.7. The van der Waals surface area contributed by atoms with Gasteiger partial charge in [0.1, 0.15) is 5.82 Å². The molecule has 0 bridgehead atoms. The third-order valence-electron chi connectivity index (χ3n) is 4.09. The molecule has 0 amide bonds. The monoisotopic (exact) mass is 285 g/mol. The first-order valence-electron chi connectivity index (χ1n) is 7.05. The number of halogens is 1. The third-order valence-corrected chi connectivity index (χ3v) is 4.09. The Bertz CT molecular complexity index is 657. The molecule has 21 heavy (non-hydrogen) atoms. The number of rotatable bonds is 4. The lowest BCUT2D eigenvalue weighted by atomic mass is 9.97. The van der Waals surface area contributed by atoms with E-state index in [4.69, 9.17) is 5.53 Å². The van der Waals surface area contributed by atoms with E-state index < -0.39 is 0 Å². The molecule has 1 aromatic heterocycles. The summed E-state index contributed by atoms with van der Waals surface area (Å²) in [4.78, 5) is 2.75. The smallest absolute Gasteiger partial charge is 0.123 e. The van der Waals surface area contributed by atoms with E-state index in [1.54, 1.807) is 6.20 Å². The number of nitrogens with zero attached hydrogens (tertiary/aromatic N) is 5. The van der Waals surface area contributed by atoms with Crippen LogP contribution >= 0.6 is 0 Å². The van der Waals surface area contributed by atoms with Crippen molar-refractivity contribution < 1.29 is 4.39 Å². The van der Waals surface area contributed by atoms with Crippen molar-refractivity contribution in [3.05, 3.63) is 64.0 Å². The largest absolute Gasteiger partial charge is 0.269 e. The molecule has 0 saturated heterocycles. The average molecular weight is 285 g/mol. The van der Waals surface area contributed by atoms with Crippen LogP contribution in [0.15, 0.2) is 41.8 Å². The van der Waals surface area contributed by atoms with Crippen LogP contribution in [-0.4, -0.2) is 9.78 Å². The van der Waals surface area contributed by atoms with Gasteiger partial charge in [0.25, 0.3) is 0 Å². The highest BCUT2D eigenvalue weighted by atomic mass is 19.1. The molecule has 1 saturated carbocycles. The summed E-state index contributed by atoms with van der Waals surface area (Å²) in [6.45, 7) is 0.338. The van der Waals surface area contributed by atoms with Gasteiger partial charge in [-0.05, 0) is 54.0 Å². The van der Waals surface area contributed by atoms with Gasteiger partial charge < -0.3 is 0 Å². The number of azide groups is 1. The second kappa shape index (κ2) is 5.97. The minimum absolute atomic E-state index is 0.192. The second-order valence-corrected chi connectivity index (χ2v) is 5.43. The Balaban J connectivity index is 1.67. The van der Waals surface area contributed by atoms with Crippen molar-refractivity contribution in [1.82, 2.24) is 9.78 Å². The highest BCUT2D eigenvalue weighted by Gasteiger charge is 2.27. The fraction of sp³-hybridized carbons (Fsp3) is 0.400. The van der Waals surface area contributed by atoms with E-state index in [1.165, 1.54) is 17.7 Å². The van der Waals surface area contributed by atoms with Gasteiger partial charge in [-0.2, -0.15) is 5.10 Å². The Morgan fingerprint density at radius 1 is 1.33 bits per heavy atom. The van der Waals surface area contributed by atoms with Crippen molar-refractivity contribution in [3.8, 4) is 0 Å². The quantitative estimate of drug-likeness (QED) is 0.468. The molecule has 1 aromatic carbocycles.